The van der Waals surface area contributed by atoms with E-state index in [1.54, 1.807) is 0 Å². The maximum atomic E-state index is 9.74. The van der Waals surface area contributed by atoms with Crippen molar-refractivity contribution in [3.05, 3.63) is 30.3 Å². The molecule has 1 aromatic rings. The Balaban J connectivity index is 1.95. The molecule has 0 aromatic heterocycles. The van der Waals surface area contributed by atoms with Crippen LogP contribution in [0.4, 0.5) is 0 Å². The topological polar surface area (TPSA) is 99.4 Å². The molecule has 5 atom stereocenters. The van der Waals surface area contributed by atoms with Crippen LogP contribution in [0.2, 0.25) is 0 Å². The third-order valence-corrected chi connectivity index (χ3v) is 3.58. The minimum Gasteiger partial charge on any atom is -0.394 e. The number of hydrogen-bond donors (Lipinski definition) is 4. The van der Waals surface area contributed by atoms with Crippen LogP contribution in [0.3, 0.4) is 0 Å². The Morgan fingerprint density at radius 3 is 2.37 bits per heavy atom. The van der Waals surface area contributed by atoms with Gasteiger partial charge in [-0.2, -0.15) is 0 Å². The van der Waals surface area contributed by atoms with E-state index in [4.69, 9.17) is 14.0 Å². The van der Waals surface area contributed by atoms with Gasteiger partial charge in [-0.25, -0.2) is 0 Å². The van der Waals surface area contributed by atoms with Gasteiger partial charge in [-0.1, -0.05) is 18.2 Å². The first-order chi connectivity index (χ1) is 9.13. The van der Waals surface area contributed by atoms with Gasteiger partial charge in [-0.15, -0.1) is 0 Å². The predicted octanol–water partition coefficient (Wildman–Crippen LogP) is -0.490. The van der Waals surface area contributed by atoms with Gasteiger partial charge in [0.15, 0.2) is 6.29 Å². The number of ether oxygens (including phenoxy) is 1. The Bertz CT molecular complexity index is 387. The van der Waals surface area contributed by atoms with Crippen LogP contribution in [-0.4, -0.2) is 57.7 Å². The zero-order valence-electron chi connectivity index (χ0n) is 9.99. The smallest absolute Gasteiger partial charge is 0.200 e. The van der Waals surface area contributed by atoms with E-state index in [1.165, 1.54) is 0 Å². The molecule has 2 rings (SSSR count). The first kappa shape index (κ1) is 14.7. The van der Waals surface area contributed by atoms with Crippen LogP contribution in [0.1, 0.15) is 0 Å². The minimum absolute atomic E-state index is 0.471. The second-order valence-corrected chi connectivity index (χ2v) is 5.02. The Morgan fingerprint density at radius 2 is 1.74 bits per heavy atom. The monoisotopic (exact) mass is 288 g/mol. The second kappa shape index (κ2) is 6.67. The van der Waals surface area contributed by atoms with E-state index < -0.39 is 37.3 Å². The van der Waals surface area contributed by atoms with E-state index in [-0.39, 0.29) is 0 Å². The summed E-state index contributed by atoms with van der Waals surface area (Å²) in [5.41, 5.74) is 0. The molecule has 0 radical (unpaired) electrons. The molecule has 1 aliphatic rings. The molecule has 4 N–H and O–H groups in total. The molecule has 0 aliphatic carbocycles. The van der Waals surface area contributed by atoms with E-state index in [1.807, 2.05) is 30.3 Å². The summed E-state index contributed by atoms with van der Waals surface area (Å²) in [6.45, 7) is -0.471. The number of hydrogen-bond acceptors (Lipinski definition) is 7. The molecule has 1 heterocycles. The van der Waals surface area contributed by atoms with Gasteiger partial charge in [-0.05, 0) is 12.1 Å². The maximum Gasteiger partial charge on any atom is 0.200 e. The van der Waals surface area contributed by atoms with Gasteiger partial charge in [-0.3, -0.25) is 4.18 Å². The van der Waals surface area contributed by atoms with Gasteiger partial charge in [0.25, 0.3) is 0 Å². The Labute approximate surface area is 114 Å². The van der Waals surface area contributed by atoms with Crippen LogP contribution in [-0.2, 0) is 8.92 Å². The molecule has 1 unspecified atom stereocenters. The van der Waals surface area contributed by atoms with Gasteiger partial charge in [0, 0.05) is 16.9 Å². The minimum atomic E-state index is -1.42. The van der Waals surface area contributed by atoms with E-state index in [9.17, 15) is 15.3 Å². The average molecular weight is 288 g/mol. The normalized spacial score (nSPS) is 35.3. The molecular weight excluding hydrogens is 272 g/mol. The summed E-state index contributed by atoms with van der Waals surface area (Å²) in [4.78, 5) is 0.805. The van der Waals surface area contributed by atoms with E-state index in [2.05, 4.69) is 0 Å². The van der Waals surface area contributed by atoms with Crippen molar-refractivity contribution < 1.29 is 29.3 Å². The Hall–Kier alpha value is -0.670. The van der Waals surface area contributed by atoms with Crippen molar-refractivity contribution in [2.75, 3.05) is 6.61 Å². The Morgan fingerprint density at radius 1 is 1.05 bits per heavy atom. The van der Waals surface area contributed by atoms with Crippen LogP contribution in [0.25, 0.3) is 0 Å². The van der Waals surface area contributed by atoms with E-state index in [0.717, 1.165) is 16.9 Å². The first-order valence-corrected chi connectivity index (χ1v) is 6.56. The van der Waals surface area contributed by atoms with Crippen molar-refractivity contribution in [1.29, 1.82) is 0 Å². The number of aliphatic hydroxyl groups is 4. The lowest BCUT2D eigenvalue weighted by atomic mass is 10.00. The van der Waals surface area contributed by atoms with Gasteiger partial charge in [0.2, 0.25) is 0 Å². The third-order valence-electron chi connectivity index (χ3n) is 2.83. The molecule has 1 fully saturated rings. The van der Waals surface area contributed by atoms with Crippen LogP contribution in [0, 0.1) is 0 Å². The zero-order chi connectivity index (χ0) is 13.8. The number of aliphatic hydroxyl groups excluding tert-OH is 4. The highest BCUT2D eigenvalue weighted by Crippen LogP contribution is 2.28. The largest absolute Gasteiger partial charge is 0.394 e. The summed E-state index contributed by atoms with van der Waals surface area (Å²) in [6.07, 6.45) is -6.26. The molecule has 7 heteroatoms. The lowest BCUT2D eigenvalue weighted by Crippen LogP contribution is -2.58. The quantitative estimate of drug-likeness (QED) is 0.555. The highest BCUT2D eigenvalue weighted by Gasteiger charge is 2.44. The highest BCUT2D eigenvalue weighted by molar-refractivity contribution is 7.94. The predicted molar refractivity (Wildman–Crippen MR) is 67.2 cm³/mol. The molecule has 0 amide bonds. The molecule has 1 saturated heterocycles. The maximum absolute atomic E-state index is 9.74. The summed E-state index contributed by atoms with van der Waals surface area (Å²) < 4.78 is 10.5. The van der Waals surface area contributed by atoms with Crippen LogP contribution in [0.5, 0.6) is 0 Å². The summed E-state index contributed by atoms with van der Waals surface area (Å²) in [5.74, 6) is 0. The summed E-state index contributed by atoms with van der Waals surface area (Å²) in [7, 11) is 0. The molecule has 106 valence electrons. The molecule has 1 aliphatic heterocycles. The molecule has 0 spiro atoms. The van der Waals surface area contributed by atoms with Gasteiger partial charge in [0.1, 0.15) is 24.4 Å². The number of rotatable bonds is 4. The van der Waals surface area contributed by atoms with E-state index >= 15 is 0 Å². The van der Waals surface area contributed by atoms with E-state index in [0.29, 0.717) is 0 Å². The fourth-order valence-corrected chi connectivity index (χ4v) is 2.36. The molecule has 6 nitrogen and oxygen atoms in total. The fraction of sp³-hybridized carbons (Fsp3) is 0.500. The van der Waals surface area contributed by atoms with Crippen molar-refractivity contribution in [2.24, 2.45) is 0 Å². The number of benzene rings is 1. The summed E-state index contributed by atoms with van der Waals surface area (Å²) >= 11 is 0.987. The highest BCUT2D eigenvalue weighted by atomic mass is 32.2. The van der Waals surface area contributed by atoms with Crippen molar-refractivity contribution in [1.82, 2.24) is 0 Å². The van der Waals surface area contributed by atoms with Crippen molar-refractivity contribution in [3.63, 3.8) is 0 Å². The molecular formula is C12H16O6S. The van der Waals surface area contributed by atoms with Crippen molar-refractivity contribution in [3.8, 4) is 0 Å². The van der Waals surface area contributed by atoms with Crippen LogP contribution < -0.4 is 0 Å². The second-order valence-electron chi connectivity index (χ2n) is 4.19. The first-order valence-electron chi connectivity index (χ1n) is 5.82. The average Bonchev–Trinajstić information content (AvgIpc) is 2.45. The lowest BCUT2D eigenvalue weighted by molar-refractivity contribution is -0.274. The fourth-order valence-electron chi connectivity index (χ4n) is 1.73. The SMILES string of the molecule is OC[C@H]1OC(OSc2ccccc2)[C@H](O)[C@@H](O)[C@@H]1O. The summed E-state index contributed by atoms with van der Waals surface area (Å²) in [5, 5.41) is 38.0. The summed E-state index contributed by atoms with van der Waals surface area (Å²) in [6, 6.07) is 9.15. The van der Waals surface area contributed by atoms with Crippen molar-refractivity contribution in [2.45, 2.75) is 35.6 Å². The van der Waals surface area contributed by atoms with Gasteiger partial charge < -0.3 is 25.2 Å². The lowest BCUT2D eigenvalue weighted by Gasteiger charge is -2.39. The molecule has 0 bridgehead atoms. The van der Waals surface area contributed by atoms with Crippen LogP contribution >= 0.6 is 12.0 Å². The third kappa shape index (κ3) is 3.46. The standard InChI is InChI=1S/C12H16O6S/c13-6-8-9(14)10(15)11(16)12(17-8)18-19-7-4-2-1-3-5-7/h1-5,8-16H,6H2/t8-,9-,10+,11-,12?/m1/s1. The molecule has 19 heavy (non-hydrogen) atoms. The molecule has 0 saturated carbocycles. The van der Waals surface area contributed by atoms with Crippen molar-refractivity contribution >= 4 is 12.0 Å². The van der Waals surface area contributed by atoms with Gasteiger partial charge >= 0.3 is 0 Å². The van der Waals surface area contributed by atoms with Gasteiger partial charge in [0.05, 0.1) is 6.61 Å². The Kier molecular flexibility index (Phi) is 5.17. The zero-order valence-corrected chi connectivity index (χ0v) is 10.8. The van der Waals surface area contributed by atoms with Crippen LogP contribution in [0.15, 0.2) is 35.2 Å². The molecule has 1 aromatic carbocycles.